The van der Waals surface area contributed by atoms with Crippen molar-refractivity contribution >= 4 is 45.8 Å². The lowest BCUT2D eigenvalue weighted by Crippen LogP contribution is -2.46. The number of amides is 1. The molecule has 1 amide bonds. The van der Waals surface area contributed by atoms with Crippen molar-refractivity contribution in [3.63, 3.8) is 0 Å². The number of aliphatic hydroxyl groups excluding tert-OH is 1. The minimum atomic E-state index is -1.13. The molecule has 0 bridgehead atoms. The van der Waals surface area contributed by atoms with Crippen LogP contribution < -0.4 is 21.1 Å². The lowest BCUT2D eigenvalue weighted by Gasteiger charge is -2.17. The Labute approximate surface area is 215 Å². The average molecular weight is 530 g/mol. The number of aliphatic hydroxyl groups is 1. The van der Waals surface area contributed by atoms with Gasteiger partial charge in [-0.1, -0.05) is 17.7 Å². The summed E-state index contributed by atoms with van der Waals surface area (Å²) < 4.78 is 13.3. The number of fused-ring (bicyclic) bond motifs is 1. The van der Waals surface area contributed by atoms with Gasteiger partial charge in [0.2, 0.25) is 0 Å². The van der Waals surface area contributed by atoms with Crippen LogP contribution in [0.3, 0.4) is 0 Å². The Bertz CT molecular complexity index is 1370. The number of aromatic nitrogens is 4. The van der Waals surface area contributed by atoms with E-state index >= 15 is 0 Å². The number of nitrogens with two attached hydrogens (primary N) is 1. The summed E-state index contributed by atoms with van der Waals surface area (Å²) in [5, 5.41) is 19.0. The number of halogens is 1. The zero-order valence-corrected chi connectivity index (χ0v) is 20.7. The minimum absolute atomic E-state index is 0.367. The van der Waals surface area contributed by atoms with Gasteiger partial charge in [0.15, 0.2) is 29.3 Å². The number of imidazole rings is 1. The Hall–Kier alpha value is -3.29. The van der Waals surface area contributed by atoms with E-state index in [9.17, 15) is 9.90 Å². The molecule has 3 aromatic heterocycles. The second-order valence-electron chi connectivity index (χ2n) is 8.15. The van der Waals surface area contributed by atoms with Crippen LogP contribution in [0.2, 0.25) is 5.02 Å². The van der Waals surface area contributed by atoms with Crippen molar-refractivity contribution in [1.29, 1.82) is 0 Å². The Balaban J connectivity index is 1.36. The van der Waals surface area contributed by atoms with Gasteiger partial charge in [-0.25, -0.2) is 15.0 Å². The van der Waals surface area contributed by atoms with Crippen molar-refractivity contribution in [3.8, 4) is 5.75 Å². The van der Waals surface area contributed by atoms with Gasteiger partial charge in [0.05, 0.1) is 12.4 Å². The smallest absolute Gasteiger partial charge is 0.250 e. The van der Waals surface area contributed by atoms with Crippen molar-refractivity contribution in [2.24, 2.45) is 5.73 Å². The van der Waals surface area contributed by atoms with E-state index in [4.69, 9.17) is 26.8 Å². The fourth-order valence-corrected chi connectivity index (χ4v) is 4.83. The van der Waals surface area contributed by atoms with E-state index in [1.165, 1.54) is 19.7 Å². The number of ether oxygens (including phenoxy) is 2. The summed E-state index contributed by atoms with van der Waals surface area (Å²) in [6.07, 6.45) is -0.202. The third-order valence-corrected chi connectivity index (χ3v) is 6.96. The SMILES string of the molecule is CNC(=O)[C@H]1O[C@@H](n2cnc3c(NCc4cc(Cl)ccc4OCc4cccs4)ncnc32)[C@H](O)[C@@H]1N. The van der Waals surface area contributed by atoms with Crippen LogP contribution in [0.5, 0.6) is 5.75 Å². The first-order valence-corrected chi connectivity index (χ1v) is 12.4. The molecule has 13 heteroatoms. The summed E-state index contributed by atoms with van der Waals surface area (Å²) in [7, 11) is 1.48. The van der Waals surface area contributed by atoms with Crippen LogP contribution >= 0.6 is 22.9 Å². The highest BCUT2D eigenvalue weighted by Crippen LogP contribution is 2.32. The highest BCUT2D eigenvalue weighted by atomic mass is 35.5. The number of hydrogen-bond acceptors (Lipinski definition) is 10. The maximum atomic E-state index is 12.1. The average Bonchev–Trinajstić information content (AvgIpc) is 3.62. The number of nitrogens with zero attached hydrogens (tertiary/aromatic N) is 4. The standard InChI is InChI=1S/C23H24ClN7O4S/c1-26-22(33)19-16(25)18(32)23(35-19)31-11-30-17-20(28-10-29-21(17)31)27-8-12-7-13(24)4-5-15(12)34-9-14-3-2-6-36-14/h2-7,10-11,16,18-19,23,32H,8-9,25H2,1H3,(H,26,33)(H,27,28,29)/t16-,18+,19-,23+/m0/s1. The third-order valence-electron chi connectivity index (χ3n) is 5.88. The molecule has 4 aromatic rings. The largest absolute Gasteiger partial charge is 0.488 e. The summed E-state index contributed by atoms with van der Waals surface area (Å²) in [6.45, 7) is 0.822. The molecule has 1 aliphatic rings. The number of carbonyl (C=O) groups excluding carboxylic acids is 1. The van der Waals surface area contributed by atoms with Gasteiger partial charge in [-0.3, -0.25) is 9.36 Å². The molecule has 11 nitrogen and oxygen atoms in total. The maximum absolute atomic E-state index is 12.1. The molecular weight excluding hydrogens is 506 g/mol. The quantitative estimate of drug-likeness (QED) is 0.269. The fraction of sp³-hybridized carbons (Fsp3) is 0.304. The topological polar surface area (TPSA) is 149 Å². The molecule has 4 heterocycles. The highest BCUT2D eigenvalue weighted by Gasteiger charge is 2.46. The molecular formula is C23H24ClN7O4S. The van der Waals surface area contributed by atoms with E-state index in [0.29, 0.717) is 40.9 Å². The van der Waals surface area contributed by atoms with Crippen LogP contribution in [0.25, 0.3) is 11.2 Å². The van der Waals surface area contributed by atoms with E-state index in [2.05, 4.69) is 25.6 Å². The van der Waals surface area contributed by atoms with Gasteiger partial charge in [-0.2, -0.15) is 0 Å². The number of nitrogens with one attached hydrogen (secondary N) is 2. The second-order valence-corrected chi connectivity index (χ2v) is 9.62. The van der Waals surface area contributed by atoms with Crippen LogP contribution in [-0.2, 0) is 22.7 Å². The molecule has 1 saturated heterocycles. The second kappa shape index (κ2) is 10.4. The Morgan fingerprint density at radius 3 is 2.97 bits per heavy atom. The van der Waals surface area contributed by atoms with Gasteiger partial charge < -0.3 is 30.9 Å². The molecule has 0 aliphatic carbocycles. The van der Waals surface area contributed by atoms with Gasteiger partial charge in [0, 0.05) is 29.1 Å². The first-order valence-electron chi connectivity index (χ1n) is 11.1. The molecule has 0 spiro atoms. The van der Waals surface area contributed by atoms with E-state index in [0.717, 1.165) is 10.4 Å². The number of carbonyl (C=O) groups is 1. The van der Waals surface area contributed by atoms with E-state index in [1.807, 2.05) is 29.6 Å². The van der Waals surface area contributed by atoms with Gasteiger partial charge in [0.1, 0.15) is 24.8 Å². The molecule has 0 saturated carbocycles. The molecule has 0 unspecified atom stereocenters. The van der Waals surface area contributed by atoms with Gasteiger partial charge in [0.25, 0.3) is 5.91 Å². The monoisotopic (exact) mass is 529 g/mol. The van der Waals surface area contributed by atoms with Crippen LogP contribution in [0, 0.1) is 0 Å². The number of likely N-dealkylation sites (N-methyl/N-ethyl adjacent to an activating group) is 1. The third kappa shape index (κ3) is 4.73. The summed E-state index contributed by atoms with van der Waals surface area (Å²) in [6, 6.07) is 8.54. The predicted octanol–water partition coefficient (Wildman–Crippen LogP) is 2.06. The van der Waals surface area contributed by atoms with Crippen LogP contribution in [0.4, 0.5) is 5.82 Å². The maximum Gasteiger partial charge on any atom is 0.250 e. The lowest BCUT2D eigenvalue weighted by molar-refractivity contribution is -0.134. The van der Waals surface area contributed by atoms with Crippen LogP contribution in [0.15, 0.2) is 48.4 Å². The first-order chi connectivity index (χ1) is 17.5. The van der Waals surface area contributed by atoms with E-state index in [-0.39, 0.29) is 0 Å². The Morgan fingerprint density at radius 2 is 2.19 bits per heavy atom. The normalized spacial score (nSPS) is 21.6. The minimum Gasteiger partial charge on any atom is -0.488 e. The molecule has 5 N–H and O–H groups in total. The molecule has 1 aromatic carbocycles. The van der Waals surface area contributed by atoms with Gasteiger partial charge >= 0.3 is 0 Å². The first kappa shape index (κ1) is 24.4. The molecule has 0 radical (unpaired) electrons. The molecule has 188 valence electrons. The van der Waals surface area contributed by atoms with E-state index < -0.39 is 30.4 Å². The van der Waals surface area contributed by atoms with Crippen molar-refractivity contribution < 1.29 is 19.4 Å². The summed E-state index contributed by atoms with van der Waals surface area (Å²) in [5.74, 6) is 0.763. The fourth-order valence-electron chi connectivity index (χ4n) is 4.02. The number of thiophene rings is 1. The Kier molecular flexibility index (Phi) is 7.03. The number of anilines is 1. The number of hydrogen-bond donors (Lipinski definition) is 4. The zero-order chi connectivity index (χ0) is 25.2. The van der Waals surface area contributed by atoms with Gasteiger partial charge in [-0.15, -0.1) is 11.3 Å². The van der Waals surface area contributed by atoms with Crippen molar-refractivity contribution in [3.05, 3.63) is 63.8 Å². The Morgan fingerprint density at radius 1 is 1.33 bits per heavy atom. The van der Waals surface area contributed by atoms with Crippen molar-refractivity contribution in [2.75, 3.05) is 12.4 Å². The summed E-state index contributed by atoms with van der Waals surface area (Å²) in [5.41, 5.74) is 7.76. The van der Waals surface area contributed by atoms with Crippen LogP contribution in [0.1, 0.15) is 16.7 Å². The lowest BCUT2D eigenvalue weighted by atomic mass is 10.1. The summed E-state index contributed by atoms with van der Waals surface area (Å²) in [4.78, 5) is 26.3. The van der Waals surface area contributed by atoms with Gasteiger partial charge in [-0.05, 0) is 29.6 Å². The molecule has 4 atom stereocenters. The van der Waals surface area contributed by atoms with E-state index in [1.54, 1.807) is 22.0 Å². The van der Waals surface area contributed by atoms with Crippen molar-refractivity contribution in [2.45, 2.75) is 37.6 Å². The molecule has 1 fully saturated rings. The highest BCUT2D eigenvalue weighted by molar-refractivity contribution is 7.09. The summed E-state index contributed by atoms with van der Waals surface area (Å²) >= 11 is 7.87. The van der Waals surface area contributed by atoms with Crippen LogP contribution in [-0.4, -0.2) is 55.8 Å². The molecule has 36 heavy (non-hydrogen) atoms. The number of benzene rings is 1. The molecule has 1 aliphatic heterocycles. The predicted molar refractivity (Wildman–Crippen MR) is 135 cm³/mol. The number of rotatable bonds is 8. The van der Waals surface area contributed by atoms with Crippen molar-refractivity contribution in [1.82, 2.24) is 24.8 Å². The molecule has 5 rings (SSSR count). The zero-order valence-electron chi connectivity index (χ0n) is 19.2.